The first kappa shape index (κ1) is 22.3. The van der Waals surface area contributed by atoms with E-state index in [0.717, 1.165) is 0 Å². The van der Waals surface area contributed by atoms with Crippen LogP contribution < -0.4 is 0 Å². The molecule has 1 aromatic heterocycles. The highest BCUT2D eigenvalue weighted by Crippen LogP contribution is 2.20. The van der Waals surface area contributed by atoms with E-state index in [1.54, 1.807) is 23.1 Å². The van der Waals surface area contributed by atoms with E-state index in [-0.39, 0.29) is 49.9 Å². The number of piperazine rings is 1. The van der Waals surface area contributed by atoms with Gasteiger partial charge in [0.05, 0.1) is 24.2 Å². The molecule has 0 N–H and O–H groups in total. The summed E-state index contributed by atoms with van der Waals surface area (Å²) in [6.07, 6.45) is -3.21. The first-order valence-corrected chi connectivity index (χ1v) is 10.7. The van der Waals surface area contributed by atoms with E-state index in [2.05, 4.69) is 0 Å². The second-order valence-corrected chi connectivity index (χ2v) is 8.88. The van der Waals surface area contributed by atoms with E-state index in [0.29, 0.717) is 4.90 Å². The smallest absolute Gasteiger partial charge is 0.406 e. The van der Waals surface area contributed by atoms with Crippen LogP contribution in [0.25, 0.3) is 0 Å². The lowest BCUT2D eigenvalue weighted by Crippen LogP contribution is -2.52. The molecule has 1 aromatic carbocycles. The molecule has 1 amide bonds. The van der Waals surface area contributed by atoms with Crippen molar-refractivity contribution in [3.8, 4) is 0 Å². The Hall–Kier alpha value is -2.37. The molecule has 3 rings (SSSR count). The van der Waals surface area contributed by atoms with Crippen LogP contribution in [0.5, 0.6) is 0 Å². The maximum atomic E-state index is 12.9. The minimum absolute atomic E-state index is 0.155. The summed E-state index contributed by atoms with van der Waals surface area (Å²) in [5.41, 5.74) is 0. The van der Waals surface area contributed by atoms with Crippen molar-refractivity contribution in [1.29, 1.82) is 0 Å². The molecular weight excluding hydrogens is 423 g/mol. The first-order valence-electron chi connectivity index (χ1n) is 9.29. The van der Waals surface area contributed by atoms with E-state index in [4.69, 9.17) is 4.42 Å². The van der Waals surface area contributed by atoms with Crippen LogP contribution in [0.1, 0.15) is 5.76 Å². The van der Waals surface area contributed by atoms with Crippen LogP contribution in [0.2, 0.25) is 0 Å². The Morgan fingerprint density at radius 1 is 1.03 bits per heavy atom. The number of carbonyl (C=O) groups excluding carboxylic acids is 1. The van der Waals surface area contributed by atoms with Gasteiger partial charge in [-0.2, -0.15) is 17.5 Å². The molecule has 0 radical (unpaired) electrons. The van der Waals surface area contributed by atoms with Gasteiger partial charge in [-0.3, -0.25) is 9.69 Å². The van der Waals surface area contributed by atoms with E-state index < -0.39 is 28.7 Å². The summed E-state index contributed by atoms with van der Waals surface area (Å²) in [5.74, 6) is -0.436. The van der Waals surface area contributed by atoms with Gasteiger partial charge in [0, 0.05) is 26.2 Å². The molecule has 30 heavy (non-hydrogen) atoms. The average molecular weight is 445 g/mol. The van der Waals surface area contributed by atoms with Gasteiger partial charge >= 0.3 is 6.18 Å². The molecule has 0 atom stereocenters. The lowest BCUT2D eigenvalue weighted by atomic mass is 10.3. The zero-order valence-corrected chi connectivity index (χ0v) is 16.9. The van der Waals surface area contributed by atoms with Crippen LogP contribution in [0.4, 0.5) is 13.2 Å². The Balaban J connectivity index is 1.59. The molecule has 1 saturated heterocycles. The molecule has 1 aliphatic heterocycles. The summed E-state index contributed by atoms with van der Waals surface area (Å²) in [7, 11) is -3.64. The molecule has 1 aliphatic rings. The van der Waals surface area contributed by atoms with Gasteiger partial charge in [-0.05, 0) is 24.3 Å². The van der Waals surface area contributed by atoms with Gasteiger partial charge in [-0.1, -0.05) is 18.2 Å². The second-order valence-electron chi connectivity index (χ2n) is 6.94. The topological polar surface area (TPSA) is 74.1 Å². The molecular formula is C19H22F3N3O4S. The quantitative estimate of drug-likeness (QED) is 0.653. The molecule has 2 aromatic rings. The zero-order valence-electron chi connectivity index (χ0n) is 16.1. The maximum Gasteiger partial charge on any atom is 0.406 e. The van der Waals surface area contributed by atoms with Crippen molar-refractivity contribution in [3.63, 3.8) is 0 Å². The molecule has 1 fully saturated rings. The number of alkyl halides is 3. The highest BCUT2D eigenvalue weighted by atomic mass is 32.2. The van der Waals surface area contributed by atoms with Crippen LogP contribution in [-0.4, -0.2) is 73.9 Å². The fraction of sp³-hybridized carbons (Fsp3) is 0.421. The summed E-state index contributed by atoms with van der Waals surface area (Å²) in [6, 6.07) is 11.1. The average Bonchev–Trinajstić information content (AvgIpc) is 3.21. The third-order valence-electron chi connectivity index (χ3n) is 4.72. The summed E-state index contributed by atoms with van der Waals surface area (Å²) >= 11 is 0. The van der Waals surface area contributed by atoms with E-state index in [9.17, 15) is 26.4 Å². The third kappa shape index (κ3) is 5.83. The van der Waals surface area contributed by atoms with Crippen LogP contribution in [-0.2, 0) is 21.4 Å². The number of sulfonamides is 1. The Kier molecular flexibility index (Phi) is 6.84. The fourth-order valence-electron chi connectivity index (χ4n) is 3.20. The number of hydrogen-bond acceptors (Lipinski definition) is 5. The summed E-state index contributed by atoms with van der Waals surface area (Å²) in [6.45, 7) is -1.08. The van der Waals surface area contributed by atoms with Crippen LogP contribution >= 0.6 is 0 Å². The van der Waals surface area contributed by atoms with Crippen molar-refractivity contribution >= 4 is 15.9 Å². The minimum atomic E-state index is -4.54. The normalized spacial score (nSPS) is 16.5. The van der Waals surface area contributed by atoms with Crippen LogP contribution in [0.3, 0.4) is 0 Å². The SMILES string of the molecule is O=C(CN1CCN(S(=O)(=O)c2ccccc2)CC1)N(Cc1ccco1)CC(F)(F)F. The Morgan fingerprint density at radius 2 is 1.70 bits per heavy atom. The molecule has 0 bridgehead atoms. The number of nitrogens with zero attached hydrogens (tertiary/aromatic N) is 3. The van der Waals surface area contributed by atoms with Crippen molar-refractivity contribution in [1.82, 2.24) is 14.1 Å². The van der Waals surface area contributed by atoms with Gasteiger partial charge in [0.2, 0.25) is 15.9 Å². The minimum Gasteiger partial charge on any atom is -0.467 e. The number of rotatable bonds is 7. The molecule has 2 heterocycles. The number of halogens is 3. The molecule has 0 unspecified atom stereocenters. The Labute approximate surface area is 172 Å². The molecule has 0 saturated carbocycles. The fourth-order valence-corrected chi connectivity index (χ4v) is 4.64. The second kappa shape index (κ2) is 9.19. The maximum absolute atomic E-state index is 12.9. The van der Waals surface area contributed by atoms with Gasteiger partial charge < -0.3 is 9.32 Å². The first-order chi connectivity index (χ1) is 14.1. The van der Waals surface area contributed by atoms with Crippen molar-refractivity contribution in [3.05, 3.63) is 54.5 Å². The van der Waals surface area contributed by atoms with E-state index in [1.807, 2.05) is 0 Å². The summed E-state index contributed by atoms with van der Waals surface area (Å²) in [5, 5.41) is 0. The number of hydrogen-bond donors (Lipinski definition) is 0. The lowest BCUT2D eigenvalue weighted by molar-refractivity contribution is -0.163. The van der Waals surface area contributed by atoms with Gasteiger partial charge in [-0.15, -0.1) is 0 Å². The highest BCUT2D eigenvalue weighted by molar-refractivity contribution is 7.89. The van der Waals surface area contributed by atoms with Crippen LogP contribution in [0, 0.1) is 0 Å². The van der Waals surface area contributed by atoms with Crippen molar-refractivity contribution in [2.45, 2.75) is 17.6 Å². The predicted octanol–water partition coefficient (Wildman–Crippen LogP) is 2.18. The molecule has 164 valence electrons. The number of furan rings is 1. The monoisotopic (exact) mass is 445 g/mol. The number of benzene rings is 1. The van der Waals surface area contributed by atoms with Gasteiger partial charge in [-0.25, -0.2) is 8.42 Å². The molecule has 0 spiro atoms. The standard InChI is InChI=1S/C19H22F3N3O4S/c20-19(21,22)15-24(13-16-5-4-12-29-16)18(26)14-23-8-10-25(11-9-23)30(27,28)17-6-2-1-3-7-17/h1-7,12H,8-11,13-15H2. The predicted molar refractivity (Wildman–Crippen MR) is 102 cm³/mol. The zero-order chi connectivity index (χ0) is 21.8. The Bertz CT molecular complexity index is 926. The van der Waals surface area contributed by atoms with Crippen molar-refractivity contribution in [2.75, 3.05) is 39.3 Å². The van der Waals surface area contributed by atoms with Gasteiger partial charge in [0.1, 0.15) is 12.3 Å². The van der Waals surface area contributed by atoms with Crippen molar-refractivity contribution in [2.24, 2.45) is 0 Å². The lowest BCUT2D eigenvalue weighted by Gasteiger charge is -2.34. The summed E-state index contributed by atoms with van der Waals surface area (Å²) < 4.78 is 70.4. The molecule has 7 nitrogen and oxygen atoms in total. The van der Waals surface area contributed by atoms with Crippen LogP contribution in [0.15, 0.2) is 58.0 Å². The van der Waals surface area contributed by atoms with Gasteiger partial charge in [0.25, 0.3) is 0 Å². The number of carbonyl (C=O) groups is 1. The van der Waals surface area contributed by atoms with Crippen molar-refractivity contribution < 1.29 is 30.8 Å². The molecule has 0 aliphatic carbocycles. The van der Waals surface area contributed by atoms with E-state index in [1.165, 1.54) is 34.8 Å². The Morgan fingerprint density at radius 3 is 2.27 bits per heavy atom. The molecule has 11 heteroatoms. The third-order valence-corrected chi connectivity index (χ3v) is 6.63. The largest absolute Gasteiger partial charge is 0.467 e. The van der Waals surface area contributed by atoms with E-state index >= 15 is 0 Å². The van der Waals surface area contributed by atoms with Gasteiger partial charge in [0.15, 0.2) is 0 Å². The summed E-state index contributed by atoms with van der Waals surface area (Å²) in [4.78, 5) is 15.1. The highest BCUT2D eigenvalue weighted by Gasteiger charge is 2.35. The number of amides is 1.